The van der Waals surface area contributed by atoms with Crippen molar-refractivity contribution in [3.8, 4) is 0 Å². The molecule has 0 saturated carbocycles. The molecule has 2 heterocycles. The zero-order valence-corrected chi connectivity index (χ0v) is 25.3. The summed E-state index contributed by atoms with van der Waals surface area (Å²) in [4.78, 5) is 43.9. The summed E-state index contributed by atoms with van der Waals surface area (Å²) in [6.07, 6.45) is -10.0. The largest absolute Gasteiger partial charge is 0.416 e. The van der Waals surface area contributed by atoms with E-state index in [1.54, 1.807) is 4.90 Å². The molecule has 45 heavy (non-hydrogen) atoms. The number of carbonyl (C=O) groups is 3. The predicted octanol–water partition coefficient (Wildman–Crippen LogP) is 5.24. The predicted molar refractivity (Wildman–Crippen MR) is 153 cm³/mol. The Kier molecular flexibility index (Phi) is 10.2. The van der Waals surface area contributed by atoms with Crippen LogP contribution in [0, 0.1) is 18.8 Å². The highest BCUT2D eigenvalue weighted by Crippen LogP contribution is 2.39. The van der Waals surface area contributed by atoms with Gasteiger partial charge in [-0.2, -0.15) is 26.3 Å². The molecule has 246 valence electrons. The third kappa shape index (κ3) is 7.98. The van der Waals surface area contributed by atoms with Crippen LogP contribution in [0.5, 0.6) is 0 Å². The number of nitrogens with zero attached hydrogens (tertiary/aromatic N) is 3. The summed E-state index contributed by atoms with van der Waals surface area (Å²) in [6.45, 7) is 3.95. The summed E-state index contributed by atoms with van der Waals surface area (Å²) in [7, 11) is 1.35. The highest BCUT2D eigenvalue weighted by atomic mass is 19.4. The van der Waals surface area contributed by atoms with Crippen LogP contribution < -0.4 is 0 Å². The lowest BCUT2D eigenvalue weighted by Gasteiger charge is -2.42. The lowest BCUT2D eigenvalue weighted by atomic mass is 9.77. The fraction of sp³-hybridized carbons (Fsp3) is 0.531. The maximum Gasteiger partial charge on any atom is 0.416 e. The van der Waals surface area contributed by atoms with Crippen LogP contribution in [0.15, 0.2) is 42.5 Å². The Morgan fingerprint density at radius 3 is 2.00 bits per heavy atom. The van der Waals surface area contributed by atoms with Crippen molar-refractivity contribution < 1.29 is 45.8 Å². The summed E-state index contributed by atoms with van der Waals surface area (Å²) < 4.78 is 80.5. The Balaban J connectivity index is 1.53. The lowest BCUT2D eigenvalue weighted by Crippen LogP contribution is -2.51. The standard InChI is InChI=1S/C32H37F6N3O4/c1-19-6-4-5-7-25(19)27-18-41(29(44)22-8-11-40(12-9-22)28(43)20(2)42)13-10-26(27)30(45)39(3)17-21-14-23(31(33,34)35)16-24(15-21)32(36,37)38/h4-7,14-16,20,22,26-27,42H,8-13,17-18H2,1-3H3/t20-,26?,27?/m0/s1. The second kappa shape index (κ2) is 13.4. The summed E-state index contributed by atoms with van der Waals surface area (Å²) >= 11 is 0. The monoisotopic (exact) mass is 641 g/mol. The molecule has 0 aliphatic carbocycles. The number of benzene rings is 2. The topological polar surface area (TPSA) is 81.2 Å². The molecular weight excluding hydrogens is 604 g/mol. The van der Waals surface area contributed by atoms with Crippen LogP contribution in [0.1, 0.15) is 59.9 Å². The third-order valence-corrected chi connectivity index (χ3v) is 8.79. The quantitative estimate of drug-likeness (QED) is 0.438. The van der Waals surface area contributed by atoms with Gasteiger partial charge in [-0.1, -0.05) is 24.3 Å². The van der Waals surface area contributed by atoms with E-state index in [1.807, 2.05) is 31.2 Å². The van der Waals surface area contributed by atoms with Gasteiger partial charge in [0, 0.05) is 57.5 Å². The number of rotatable bonds is 6. The minimum absolute atomic E-state index is 0.0567. The summed E-state index contributed by atoms with van der Waals surface area (Å²) in [5, 5.41) is 9.60. The van der Waals surface area contributed by atoms with Gasteiger partial charge in [0.05, 0.1) is 11.1 Å². The van der Waals surface area contributed by atoms with Crippen LogP contribution in [0.3, 0.4) is 0 Å². The Bertz CT molecular complexity index is 1370. The summed E-state index contributed by atoms with van der Waals surface area (Å²) in [5.74, 6) is -2.38. The number of piperidine rings is 2. The molecule has 0 radical (unpaired) electrons. The molecule has 4 rings (SSSR count). The number of likely N-dealkylation sites (tertiary alicyclic amines) is 2. The molecule has 3 amide bonds. The van der Waals surface area contributed by atoms with E-state index in [4.69, 9.17) is 0 Å². The first-order chi connectivity index (χ1) is 21.0. The smallest absolute Gasteiger partial charge is 0.384 e. The Morgan fingerprint density at radius 2 is 1.47 bits per heavy atom. The lowest BCUT2D eigenvalue weighted by molar-refractivity contribution is -0.147. The van der Waals surface area contributed by atoms with E-state index in [2.05, 4.69) is 0 Å². The average molecular weight is 642 g/mol. The van der Waals surface area contributed by atoms with Crippen molar-refractivity contribution >= 4 is 17.7 Å². The number of hydrogen-bond donors (Lipinski definition) is 1. The fourth-order valence-electron chi connectivity index (χ4n) is 6.38. The van der Waals surface area contributed by atoms with Gasteiger partial charge in [-0.05, 0) is 68.0 Å². The van der Waals surface area contributed by atoms with Crippen molar-refractivity contribution in [3.63, 3.8) is 0 Å². The highest BCUT2D eigenvalue weighted by molar-refractivity contribution is 5.83. The van der Waals surface area contributed by atoms with E-state index < -0.39 is 53.9 Å². The van der Waals surface area contributed by atoms with Gasteiger partial charge in [0.15, 0.2) is 0 Å². The molecule has 2 unspecified atom stereocenters. The maximum absolute atomic E-state index is 13.8. The van der Waals surface area contributed by atoms with Crippen molar-refractivity contribution in [2.75, 3.05) is 33.2 Å². The normalized spacial score (nSPS) is 20.6. The van der Waals surface area contributed by atoms with Crippen LogP contribution in [-0.4, -0.2) is 76.9 Å². The van der Waals surface area contributed by atoms with Crippen molar-refractivity contribution in [2.45, 2.75) is 64.0 Å². The van der Waals surface area contributed by atoms with Gasteiger partial charge in [-0.3, -0.25) is 14.4 Å². The van der Waals surface area contributed by atoms with Gasteiger partial charge in [0.25, 0.3) is 5.91 Å². The van der Waals surface area contributed by atoms with Crippen molar-refractivity contribution in [3.05, 3.63) is 70.3 Å². The molecule has 13 heteroatoms. The first kappa shape index (κ1) is 34.3. The number of aliphatic hydroxyl groups excluding tert-OH is 1. The number of alkyl halides is 6. The van der Waals surface area contributed by atoms with Crippen molar-refractivity contribution in [1.29, 1.82) is 0 Å². The molecule has 2 saturated heterocycles. The number of amides is 3. The van der Waals surface area contributed by atoms with Gasteiger partial charge >= 0.3 is 12.4 Å². The average Bonchev–Trinajstić information content (AvgIpc) is 2.99. The molecule has 0 aromatic heterocycles. The van der Waals surface area contributed by atoms with E-state index in [1.165, 1.54) is 18.9 Å². The van der Waals surface area contributed by atoms with Crippen molar-refractivity contribution in [1.82, 2.24) is 14.7 Å². The van der Waals surface area contributed by atoms with E-state index in [9.17, 15) is 45.8 Å². The van der Waals surface area contributed by atoms with Gasteiger partial charge < -0.3 is 19.8 Å². The molecule has 2 fully saturated rings. The van der Waals surface area contributed by atoms with Gasteiger partial charge in [0.2, 0.25) is 11.8 Å². The molecule has 2 aromatic rings. The van der Waals surface area contributed by atoms with Gasteiger partial charge in [-0.25, -0.2) is 0 Å². The number of aryl methyl sites for hydroxylation is 1. The minimum Gasteiger partial charge on any atom is -0.384 e. The van der Waals surface area contributed by atoms with E-state index in [0.717, 1.165) is 16.0 Å². The number of hydrogen-bond acceptors (Lipinski definition) is 4. The highest BCUT2D eigenvalue weighted by Gasteiger charge is 2.41. The molecular formula is C32H37F6N3O4. The van der Waals surface area contributed by atoms with Gasteiger partial charge in [0.1, 0.15) is 6.10 Å². The first-order valence-electron chi connectivity index (χ1n) is 14.8. The molecule has 0 spiro atoms. The number of halogens is 6. The van der Waals surface area contributed by atoms with Gasteiger partial charge in [-0.15, -0.1) is 0 Å². The number of aliphatic hydroxyl groups is 1. The molecule has 1 N–H and O–H groups in total. The Morgan fingerprint density at radius 1 is 0.911 bits per heavy atom. The second-order valence-electron chi connectivity index (χ2n) is 12.0. The zero-order chi connectivity index (χ0) is 33.3. The maximum atomic E-state index is 13.8. The molecule has 3 atom stereocenters. The molecule has 7 nitrogen and oxygen atoms in total. The van der Waals surface area contributed by atoms with Crippen LogP contribution in [0.25, 0.3) is 0 Å². The Labute approximate surface area is 257 Å². The SMILES string of the molecule is Cc1ccccc1C1CN(C(=O)C2CCN(C(=O)[C@H](C)O)CC2)CCC1C(=O)N(C)Cc1cc(C(F)(F)F)cc(C(F)(F)F)c1. The van der Waals surface area contributed by atoms with Crippen LogP contribution in [0.4, 0.5) is 26.3 Å². The Hall–Kier alpha value is -3.61. The summed E-state index contributed by atoms with van der Waals surface area (Å²) in [5.41, 5.74) is -1.47. The van der Waals surface area contributed by atoms with Crippen LogP contribution in [0.2, 0.25) is 0 Å². The van der Waals surface area contributed by atoms with E-state index >= 15 is 0 Å². The third-order valence-electron chi connectivity index (χ3n) is 8.79. The fourth-order valence-corrected chi connectivity index (χ4v) is 6.38. The minimum atomic E-state index is -5.00. The molecule has 2 aromatic carbocycles. The van der Waals surface area contributed by atoms with Crippen LogP contribution in [-0.2, 0) is 33.3 Å². The summed E-state index contributed by atoms with van der Waals surface area (Å²) in [6, 6.07) is 8.68. The second-order valence-corrected chi connectivity index (χ2v) is 12.0. The van der Waals surface area contributed by atoms with Crippen molar-refractivity contribution in [2.24, 2.45) is 11.8 Å². The first-order valence-corrected chi connectivity index (χ1v) is 14.8. The molecule has 2 aliphatic heterocycles. The number of carbonyl (C=O) groups excluding carboxylic acids is 3. The zero-order valence-electron chi connectivity index (χ0n) is 25.3. The molecule has 0 bridgehead atoms. The molecule has 2 aliphatic rings. The van der Waals surface area contributed by atoms with Crippen LogP contribution >= 0.6 is 0 Å². The van der Waals surface area contributed by atoms with E-state index in [0.29, 0.717) is 38.1 Å². The van der Waals surface area contributed by atoms with E-state index in [-0.39, 0.29) is 48.9 Å².